The van der Waals surface area contributed by atoms with Crippen LogP contribution in [0.15, 0.2) is 18.2 Å². The van der Waals surface area contributed by atoms with Gasteiger partial charge in [0.2, 0.25) is 0 Å². The lowest BCUT2D eigenvalue weighted by Crippen LogP contribution is -2.46. The summed E-state index contributed by atoms with van der Waals surface area (Å²) in [6.45, 7) is 2.02. The Morgan fingerprint density at radius 1 is 1.09 bits per heavy atom. The van der Waals surface area contributed by atoms with Gasteiger partial charge in [-0.2, -0.15) is 0 Å². The van der Waals surface area contributed by atoms with Crippen LogP contribution in [-0.4, -0.2) is 44.2 Å². The molecule has 1 aromatic carbocycles. The smallest absolute Gasteiger partial charge is 0.115 e. The summed E-state index contributed by atoms with van der Waals surface area (Å²) >= 11 is 0. The highest BCUT2D eigenvalue weighted by Crippen LogP contribution is 2.60. The molecule has 3 aliphatic carbocycles. The standard InChI is InChI=1S/C18H24O4.H2O/c1-18-7-6-12-11-5-3-10(19)8-9(11)2-4-13(12)14(18)15(20)16(21)17(18)22;/h3,5,8,12-17,19-22H,2,4,6-7H2,1H3;1H2/t12-,13-,14-,15?,16?,17?,18+;/m1./s1. The van der Waals surface area contributed by atoms with E-state index in [0.29, 0.717) is 11.7 Å². The predicted octanol–water partition coefficient (Wildman–Crippen LogP) is 0.726. The van der Waals surface area contributed by atoms with Gasteiger partial charge in [0.25, 0.3) is 0 Å². The molecule has 0 aromatic heterocycles. The van der Waals surface area contributed by atoms with Gasteiger partial charge in [0.15, 0.2) is 0 Å². The van der Waals surface area contributed by atoms with E-state index in [1.54, 1.807) is 6.07 Å². The highest BCUT2D eigenvalue weighted by atomic mass is 16.4. The summed E-state index contributed by atoms with van der Waals surface area (Å²) in [5, 5.41) is 40.7. The minimum Gasteiger partial charge on any atom is -0.508 e. The number of hydrogen-bond donors (Lipinski definition) is 4. The molecule has 4 rings (SSSR count). The summed E-state index contributed by atoms with van der Waals surface area (Å²) < 4.78 is 0. The molecule has 3 unspecified atom stereocenters. The van der Waals surface area contributed by atoms with Crippen LogP contribution >= 0.6 is 0 Å². The number of hydrogen-bond acceptors (Lipinski definition) is 4. The largest absolute Gasteiger partial charge is 0.508 e. The van der Waals surface area contributed by atoms with Crippen molar-refractivity contribution < 1.29 is 25.9 Å². The molecule has 7 atom stereocenters. The number of phenolic OH excluding ortho intramolecular Hbond substituents is 1. The van der Waals surface area contributed by atoms with E-state index in [0.717, 1.165) is 25.7 Å². The van der Waals surface area contributed by atoms with Gasteiger partial charge in [0.1, 0.15) is 11.9 Å². The van der Waals surface area contributed by atoms with E-state index in [-0.39, 0.29) is 17.3 Å². The fourth-order valence-corrected chi connectivity index (χ4v) is 5.62. The molecule has 0 amide bonds. The number of phenols is 1. The average Bonchev–Trinajstić information content (AvgIpc) is 2.68. The molecule has 2 saturated carbocycles. The lowest BCUT2D eigenvalue weighted by molar-refractivity contribution is -0.0505. The second kappa shape index (κ2) is 5.45. The van der Waals surface area contributed by atoms with Gasteiger partial charge in [-0.1, -0.05) is 13.0 Å². The van der Waals surface area contributed by atoms with Crippen LogP contribution in [0.2, 0.25) is 0 Å². The highest BCUT2D eigenvalue weighted by molar-refractivity contribution is 5.40. The van der Waals surface area contributed by atoms with E-state index in [1.807, 2.05) is 19.1 Å². The van der Waals surface area contributed by atoms with Crippen LogP contribution in [0.3, 0.4) is 0 Å². The van der Waals surface area contributed by atoms with Gasteiger partial charge in [-0.05, 0) is 66.7 Å². The molecule has 2 fully saturated rings. The molecular formula is C18H26O5. The lowest BCUT2D eigenvalue weighted by Gasteiger charge is -2.50. The van der Waals surface area contributed by atoms with Crippen molar-refractivity contribution in [3.8, 4) is 5.75 Å². The third kappa shape index (κ3) is 2.14. The fourth-order valence-electron chi connectivity index (χ4n) is 5.62. The summed E-state index contributed by atoms with van der Waals surface area (Å²) in [6.07, 6.45) is 0.894. The van der Waals surface area contributed by atoms with Crippen LogP contribution in [0.25, 0.3) is 0 Å². The average molecular weight is 322 g/mol. The molecule has 3 aliphatic rings. The fraction of sp³-hybridized carbons (Fsp3) is 0.667. The maximum Gasteiger partial charge on any atom is 0.115 e. The van der Waals surface area contributed by atoms with E-state index in [1.165, 1.54) is 11.1 Å². The zero-order valence-electron chi connectivity index (χ0n) is 13.3. The number of aromatic hydroxyl groups is 1. The molecule has 6 N–H and O–H groups in total. The van der Waals surface area contributed by atoms with Gasteiger partial charge >= 0.3 is 0 Å². The molecule has 23 heavy (non-hydrogen) atoms. The number of aliphatic hydroxyl groups is 3. The van der Waals surface area contributed by atoms with Crippen LogP contribution in [0, 0.1) is 17.3 Å². The van der Waals surface area contributed by atoms with Crippen molar-refractivity contribution in [1.82, 2.24) is 0 Å². The molecule has 0 radical (unpaired) electrons. The first-order valence-electron chi connectivity index (χ1n) is 8.29. The van der Waals surface area contributed by atoms with Gasteiger partial charge in [-0.15, -0.1) is 0 Å². The second-order valence-electron chi connectivity index (χ2n) is 7.69. The van der Waals surface area contributed by atoms with Crippen molar-refractivity contribution in [2.75, 3.05) is 0 Å². The molecule has 128 valence electrons. The van der Waals surface area contributed by atoms with Gasteiger partial charge in [-0.25, -0.2) is 0 Å². The Morgan fingerprint density at radius 3 is 2.57 bits per heavy atom. The summed E-state index contributed by atoms with van der Waals surface area (Å²) in [6, 6.07) is 5.61. The van der Waals surface area contributed by atoms with Crippen LogP contribution in [0.4, 0.5) is 0 Å². The zero-order chi connectivity index (χ0) is 15.6. The molecular weight excluding hydrogens is 296 g/mol. The first-order valence-corrected chi connectivity index (χ1v) is 8.29. The summed E-state index contributed by atoms with van der Waals surface area (Å²) in [5.41, 5.74) is 2.09. The summed E-state index contributed by atoms with van der Waals surface area (Å²) in [4.78, 5) is 0. The monoisotopic (exact) mass is 322 g/mol. The number of fused-ring (bicyclic) bond motifs is 5. The Bertz CT molecular complexity index is 603. The van der Waals surface area contributed by atoms with E-state index < -0.39 is 23.7 Å². The molecule has 0 saturated heterocycles. The van der Waals surface area contributed by atoms with Crippen molar-refractivity contribution >= 4 is 0 Å². The predicted molar refractivity (Wildman–Crippen MR) is 85.1 cm³/mol. The van der Waals surface area contributed by atoms with E-state index in [9.17, 15) is 20.4 Å². The van der Waals surface area contributed by atoms with Gasteiger partial charge in [-0.3, -0.25) is 0 Å². The van der Waals surface area contributed by atoms with Crippen molar-refractivity contribution in [2.45, 2.75) is 56.8 Å². The molecule has 5 heteroatoms. The molecule has 0 bridgehead atoms. The van der Waals surface area contributed by atoms with Crippen molar-refractivity contribution in [3.05, 3.63) is 29.3 Å². The van der Waals surface area contributed by atoms with Gasteiger partial charge in [0.05, 0.1) is 12.2 Å². The topological polar surface area (TPSA) is 112 Å². The summed E-state index contributed by atoms with van der Waals surface area (Å²) in [7, 11) is 0. The van der Waals surface area contributed by atoms with Crippen molar-refractivity contribution in [2.24, 2.45) is 17.3 Å². The van der Waals surface area contributed by atoms with Crippen LogP contribution in [0.1, 0.15) is 43.2 Å². The molecule has 1 aromatic rings. The van der Waals surface area contributed by atoms with Crippen LogP contribution in [0.5, 0.6) is 5.75 Å². The maximum atomic E-state index is 10.5. The minimum atomic E-state index is -1.03. The second-order valence-corrected chi connectivity index (χ2v) is 7.69. The van der Waals surface area contributed by atoms with Crippen molar-refractivity contribution in [3.63, 3.8) is 0 Å². The number of rotatable bonds is 0. The quantitative estimate of drug-likeness (QED) is 0.564. The Kier molecular flexibility index (Phi) is 3.96. The Morgan fingerprint density at radius 2 is 1.83 bits per heavy atom. The van der Waals surface area contributed by atoms with E-state index in [4.69, 9.17) is 0 Å². The first-order chi connectivity index (χ1) is 10.4. The molecule has 5 nitrogen and oxygen atoms in total. The Balaban J connectivity index is 0.00000156. The number of benzene rings is 1. The lowest BCUT2D eigenvalue weighted by atomic mass is 9.55. The third-order valence-corrected chi connectivity index (χ3v) is 6.72. The van der Waals surface area contributed by atoms with E-state index >= 15 is 0 Å². The number of aryl methyl sites for hydroxylation is 1. The molecule has 0 heterocycles. The Hall–Kier alpha value is -1.14. The molecule has 0 aliphatic heterocycles. The number of aliphatic hydroxyl groups excluding tert-OH is 3. The summed E-state index contributed by atoms with van der Waals surface area (Å²) in [5.74, 6) is 0.898. The van der Waals surface area contributed by atoms with Crippen LogP contribution < -0.4 is 0 Å². The highest BCUT2D eigenvalue weighted by Gasteiger charge is 2.62. The maximum absolute atomic E-state index is 10.5. The zero-order valence-corrected chi connectivity index (χ0v) is 13.3. The normalized spacial score (nSPS) is 44.7. The van der Waals surface area contributed by atoms with Crippen molar-refractivity contribution in [1.29, 1.82) is 0 Å². The third-order valence-electron chi connectivity index (χ3n) is 6.72. The van der Waals surface area contributed by atoms with Gasteiger partial charge in [0, 0.05) is 5.41 Å². The van der Waals surface area contributed by atoms with E-state index in [2.05, 4.69) is 0 Å². The SMILES string of the molecule is C[C@]12CC[C@@H]3c4ccc(O)cc4CC[C@H]3[C@@H]1C(O)C(O)C2O.O. The first kappa shape index (κ1) is 16.7. The van der Waals surface area contributed by atoms with Crippen LogP contribution in [-0.2, 0) is 6.42 Å². The molecule has 0 spiro atoms. The Labute approximate surface area is 135 Å². The minimum absolute atomic E-state index is 0. The van der Waals surface area contributed by atoms with Gasteiger partial charge < -0.3 is 25.9 Å².